The maximum Gasteiger partial charge on any atom is 0.135 e. The molecule has 0 aromatic carbocycles. The van der Waals surface area contributed by atoms with Crippen molar-refractivity contribution in [3.05, 3.63) is 24.5 Å². The second-order valence-electron chi connectivity index (χ2n) is 2.94. The summed E-state index contributed by atoms with van der Waals surface area (Å²) in [6.45, 7) is 4.05. The fourth-order valence-electron chi connectivity index (χ4n) is 1.13. The van der Waals surface area contributed by atoms with Crippen molar-refractivity contribution in [3.8, 4) is 9.88 Å². The second-order valence-corrected chi connectivity index (χ2v) is 7.49. The summed E-state index contributed by atoms with van der Waals surface area (Å²) in [5.41, 5.74) is 2.21. The van der Waals surface area contributed by atoms with E-state index in [2.05, 4.69) is 40.6 Å². The molecule has 0 spiro atoms. The van der Waals surface area contributed by atoms with Crippen molar-refractivity contribution < 1.29 is 0 Å². The molecule has 1 nitrogen and oxygen atoms in total. The Balaban J connectivity index is 2.54. The van der Waals surface area contributed by atoms with E-state index >= 15 is 0 Å². The average Bonchev–Trinajstić information content (AvgIpc) is 2.57. The molecule has 2 heterocycles. The van der Waals surface area contributed by atoms with Crippen LogP contribution >= 0.6 is 56.9 Å². The Morgan fingerprint density at radius 1 is 1.36 bits per heavy atom. The highest BCUT2D eigenvalue weighted by Crippen LogP contribution is 2.38. The quantitative estimate of drug-likeness (QED) is 0.673. The molecule has 0 aliphatic carbocycles. The first kappa shape index (κ1) is 10.9. The summed E-state index contributed by atoms with van der Waals surface area (Å²) < 4.78 is 2.09. The summed E-state index contributed by atoms with van der Waals surface area (Å²) in [5, 5.41) is 1.04. The number of hydrogen-bond donors (Lipinski definition) is 0. The van der Waals surface area contributed by atoms with E-state index in [0.717, 1.165) is 15.0 Å². The molecule has 0 fully saturated rings. The fraction of sp³-hybridized carbons (Fsp3) is 0.222. The molecule has 0 atom stereocenters. The smallest absolute Gasteiger partial charge is 0.135 e. The van der Waals surface area contributed by atoms with Crippen molar-refractivity contribution in [1.29, 1.82) is 0 Å². The van der Waals surface area contributed by atoms with E-state index in [1.54, 1.807) is 22.7 Å². The Bertz CT molecular complexity index is 456. The molecule has 0 amide bonds. The highest BCUT2D eigenvalue weighted by Gasteiger charge is 2.12. The second kappa shape index (κ2) is 4.08. The number of aromatic nitrogens is 1. The standard InChI is InChI=1S/C9H7ClINS2/c1-4-3-6(11)13-7(4)9-12-5(2)8(10)14-9/h3H,1-2H3. The predicted octanol–water partition coefficient (Wildman–Crippen LogP) is 4.75. The minimum atomic E-state index is 0.794. The van der Waals surface area contributed by atoms with Crippen LogP contribution in [0.5, 0.6) is 0 Å². The molecule has 2 rings (SSSR count). The number of nitrogens with zero attached hydrogens (tertiary/aromatic N) is 1. The Labute approximate surface area is 109 Å². The molecule has 0 aliphatic rings. The lowest BCUT2D eigenvalue weighted by atomic mass is 10.3. The first-order chi connectivity index (χ1) is 6.58. The molecule has 2 aromatic heterocycles. The lowest BCUT2D eigenvalue weighted by Crippen LogP contribution is -1.74. The molecule has 0 bridgehead atoms. The molecule has 0 unspecified atom stereocenters. The van der Waals surface area contributed by atoms with Crippen molar-refractivity contribution in [1.82, 2.24) is 4.98 Å². The number of aryl methyl sites for hydroxylation is 2. The van der Waals surface area contributed by atoms with E-state index in [4.69, 9.17) is 11.6 Å². The van der Waals surface area contributed by atoms with E-state index < -0.39 is 0 Å². The van der Waals surface area contributed by atoms with Crippen molar-refractivity contribution in [2.45, 2.75) is 13.8 Å². The van der Waals surface area contributed by atoms with Gasteiger partial charge in [-0.15, -0.1) is 22.7 Å². The first-order valence-corrected chi connectivity index (χ1v) is 7.06. The molecular weight excluding hydrogens is 349 g/mol. The van der Waals surface area contributed by atoms with E-state index in [1.165, 1.54) is 13.3 Å². The van der Waals surface area contributed by atoms with Crippen LogP contribution < -0.4 is 0 Å². The van der Waals surface area contributed by atoms with Crippen LogP contribution in [0.25, 0.3) is 9.88 Å². The van der Waals surface area contributed by atoms with Crippen molar-refractivity contribution in [3.63, 3.8) is 0 Å². The molecular formula is C9H7ClINS2. The van der Waals surface area contributed by atoms with E-state index in [9.17, 15) is 0 Å². The van der Waals surface area contributed by atoms with Gasteiger partial charge in [0.15, 0.2) is 0 Å². The highest BCUT2D eigenvalue weighted by molar-refractivity contribution is 14.1. The molecule has 0 N–H and O–H groups in total. The molecule has 74 valence electrons. The van der Waals surface area contributed by atoms with Gasteiger partial charge in [-0.25, -0.2) is 4.98 Å². The van der Waals surface area contributed by atoms with Gasteiger partial charge >= 0.3 is 0 Å². The van der Waals surface area contributed by atoms with Gasteiger partial charge in [0, 0.05) is 0 Å². The zero-order valence-electron chi connectivity index (χ0n) is 7.60. The summed E-state index contributed by atoms with van der Waals surface area (Å²) in [7, 11) is 0. The van der Waals surface area contributed by atoms with Gasteiger partial charge in [0.2, 0.25) is 0 Å². The van der Waals surface area contributed by atoms with Gasteiger partial charge in [-0.3, -0.25) is 0 Å². The third kappa shape index (κ3) is 1.98. The van der Waals surface area contributed by atoms with Crippen LogP contribution in [-0.4, -0.2) is 4.98 Å². The van der Waals surface area contributed by atoms with Crippen LogP contribution in [0.2, 0.25) is 4.34 Å². The van der Waals surface area contributed by atoms with Gasteiger partial charge in [0.25, 0.3) is 0 Å². The largest absolute Gasteiger partial charge is 0.239 e. The molecule has 0 radical (unpaired) electrons. The zero-order chi connectivity index (χ0) is 10.3. The van der Waals surface area contributed by atoms with Gasteiger partial charge in [-0.1, -0.05) is 11.6 Å². The molecule has 0 saturated carbocycles. The van der Waals surface area contributed by atoms with Gasteiger partial charge in [0.1, 0.15) is 9.34 Å². The highest BCUT2D eigenvalue weighted by atomic mass is 127. The number of thiazole rings is 1. The maximum absolute atomic E-state index is 6.00. The lowest BCUT2D eigenvalue weighted by Gasteiger charge is -1.90. The number of hydrogen-bond acceptors (Lipinski definition) is 3. The molecule has 0 aliphatic heterocycles. The normalized spacial score (nSPS) is 10.9. The molecule has 5 heteroatoms. The van der Waals surface area contributed by atoms with E-state index in [0.29, 0.717) is 0 Å². The Morgan fingerprint density at radius 2 is 2.07 bits per heavy atom. The summed E-state index contributed by atoms with van der Waals surface area (Å²) in [6.07, 6.45) is 0. The SMILES string of the molecule is Cc1cc(I)sc1-c1nc(C)c(Cl)s1. The average molecular weight is 356 g/mol. The van der Waals surface area contributed by atoms with Crippen LogP contribution in [0, 0.1) is 16.7 Å². The van der Waals surface area contributed by atoms with Gasteiger partial charge in [-0.2, -0.15) is 0 Å². The van der Waals surface area contributed by atoms with Gasteiger partial charge < -0.3 is 0 Å². The van der Waals surface area contributed by atoms with Gasteiger partial charge in [0.05, 0.1) is 13.5 Å². The lowest BCUT2D eigenvalue weighted by molar-refractivity contribution is 1.27. The first-order valence-electron chi connectivity index (χ1n) is 3.97. The van der Waals surface area contributed by atoms with Crippen LogP contribution in [-0.2, 0) is 0 Å². The molecule has 2 aromatic rings. The van der Waals surface area contributed by atoms with Gasteiger partial charge in [-0.05, 0) is 48.1 Å². The van der Waals surface area contributed by atoms with Crippen LogP contribution in [0.1, 0.15) is 11.3 Å². The van der Waals surface area contributed by atoms with Crippen LogP contribution in [0.15, 0.2) is 6.07 Å². The van der Waals surface area contributed by atoms with Crippen molar-refractivity contribution in [2.24, 2.45) is 0 Å². The number of rotatable bonds is 1. The third-order valence-corrected chi connectivity index (χ3v) is 5.42. The summed E-state index contributed by atoms with van der Waals surface area (Å²) in [6, 6.07) is 2.17. The minimum absolute atomic E-state index is 0.794. The van der Waals surface area contributed by atoms with Crippen LogP contribution in [0.4, 0.5) is 0 Å². The predicted molar refractivity (Wildman–Crippen MR) is 72.6 cm³/mol. The van der Waals surface area contributed by atoms with Crippen molar-refractivity contribution >= 4 is 56.9 Å². The van der Waals surface area contributed by atoms with E-state index in [-0.39, 0.29) is 0 Å². The molecule has 0 saturated heterocycles. The minimum Gasteiger partial charge on any atom is -0.239 e. The Hall–Kier alpha value is 0.350. The fourth-order valence-corrected chi connectivity index (χ4v) is 4.35. The number of thiophene rings is 1. The summed E-state index contributed by atoms with van der Waals surface area (Å²) >= 11 is 11.6. The topological polar surface area (TPSA) is 12.9 Å². The Morgan fingerprint density at radius 3 is 2.50 bits per heavy atom. The van der Waals surface area contributed by atoms with E-state index in [1.807, 2.05) is 6.92 Å². The summed E-state index contributed by atoms with van der Waals surface area (Å²) in [4.78, 5) is 5.69. The van der Waals surface area contributed by atoms with Crippen LogP contribution in [0.3, 0.4) is 0 Å². The maximum atomic E-state index is 6.00. The summed E-state index contributed by atoms with van der Waals surface area (Å²) in [5.74, 6) is 0. The Kier molecular flexibility index (Phi) is 3.16. The third-order valence-electron chi connectivity index (χ3n) is 1.82. The molecule has 14 heavy (non-hydrogen) atoms. The zero-order valence-corrected chi connectivity index (χ0v) is 12.1. The number of halogens is 2. The monoisotopic (exact) mass is 355 g/mol. The van der Waals surface area contributed by atoms with Crippen molar-refractivity contribution in [2.75, 3.05) is 0 Å².